The zero-order valence-corrected chi connectivity index (χ0v) is 11.8. The molecule has 3 rings (SSSR count). The van der Waals surface area contributed by atoms with Crippen LogP contribution in [0.25, 0.3) is 0 Å². The molecule has 2 fully saturated rings. The molecule has 0 aromatic heterocycles. The number of hydrogen-bond acceptors (Lipinski definition) is 3. The van der Waals surface area contributed by atoms with Gasteiger partial charge in [-0.15, -0.1) is 0 Å². The van der Waals surface area contributed by atoms with Crippen LogP contribution in [0.2, 0.25) is 0 Å². The van der Waals surface area contributed by atoms with Crippen molar-refractivity contribution < 1.29 is 9.53 Å². The minimum Gasteiger partial charge on any atom is -0.485 e. The van der Waals surface area contributed by atoms with Gasteiger partial charge in [-0.05, 0) is 46.2 Å². The summed E-state index contributed by atoms with van der Waals surface area (Å²) in [7, 11) is 0. The van der Waals surface area contributed by atoms with Crippen LogP contribution in [0.3, 0.4) is 0 Å². The third-order valence-electron chi connectivity index (χ3n) is 4.87. The van der Waals surface area contributed by atoms with Crippen molar-refractivity contribution in [1.29, 1.82) is 0 Å². The number of amides is 1. The van der Waals surface area contributed by atoms with E-state index in [-0.39, 0.29) is 11.5 Å². The van der Waals surface area contributed by atoms with E-state index in [4.69, 9.17) is 4.74 Å². The fraction of sp³-hybridized carbons (Fsp3) is 0.667. The van der Waals surface area contributed by atoms with E-state index in [0.717, 1.165) is 50.2 Å². The highest BCUT2D eigenvalue weighted by Crippen LogP contribution is 2.44. The second kappa shape index (κ2) is 4.37. The van der Waals surface area contributed by atoms with Gasteiger partial charge < -0.3 is 15.0 Å². The van der Waals surface area contributed by atoms with Crippen molar-refractivity contribution >= 4 is 5.91 Å². The van der Waals surface area contributed by atoms with Crippen LogP contribution >= 0.6 is 0 Å². The molecule has 4 heteroatoms. The van der Waals surface area contributed by atoms with Gasteiger partial charge in [-0.1, -0.05) is 6.58 Å². The third-order valence-corrected chi connectivity index (χ3v) is 4.87. The van der Waals surface area contributed by atoms with Gasteiger partial charge in [0.05, 0.1) is 11.1 Å². The van der Waals surface area contributed by atoms with E-state index in [2.05, 4.69) is 11.9 Å². The molecule has 3 aliphatic rings. The van der Waals surface area contributed by atoms with Gasteiger partial charge in [-0.25, -0.2) is 0 Å². The van der Waals surface area contributed by atoms with Gasteiger partial charge in [0, 0.05) is 12.1 Å². The number of piperidine rings is 1. The van der Waals surface area contributed by atoms with Crippen molar-refractivity contribution in [3.63, 3.8) is 0 Å². The lowest BCUT2D eigenvalue weighted by Gasteiger charge is -2.32. The quantitative estimate of drug-likeness (QED) is 0.783. The molecule has 0 bridgehead atoms. The Kier molecular flexibility index (Phi) is 2.93. The summed E-state index contributed by atoms with van der Waals surface area (Å²) in [6.45, 7) is 10.6. The summed E-state index contributed by atoms with van der Waals surface area (Å²) in [5.41, 5.74) is 1.94. The van der Waals surface area contributed by atoms with E-state index < -0.39 is 0 Å². The summed E-state index contributed by atoms with van der Waals surface area (Å²) in [6.07, 6.45) is 2.85. The van der Waals surface area contributed by atoms with Gasteiger partial charge in [-0.3, -0.25) is 4.79 Å². The first-order valence-corrected chi connectivity index (χ1v) is 7.14. The topological polar surface area (TPSA) is 41.6 Å². The number of rotatable bonds is 1. The van der Waals surface area contributed by atoms with E-state index in [9.17, 15) is 4.79 Å². The second-order valence-corrected chi connectivity index (χ2v) is 5.93. The number of ether oxygens (including phenoxy) is 1. The molecule has 4 nitrogen and oxygen atoms in total. The minimum atomic E-state index is -0.123. The Morgan fingerprint density at radius 1 is 1.37 bits per heavy atom. The normalized spacial score (nSPS) is 30.4. The van der Waals surface area contributed by atoms with Gasteiger partial charge in [-0.2, -0.15) is 0 Å². The highest BCUT2D eigenvalue weighted by Gasteiger charge is 2.49. The Morgan fingerprint density at radius 3 is 2.63 bits per heavy atom. The molecule has 1 atom stereocenters. The van der Waals surface area contributed by atoms with Crippen LogP contribution in [0.15, 0.2) is 23.6 Å². The second-order valence-electron chi connectivity index (χ2n) is 5.93. The van der Waals surface area contributed by atoms with Crippen molar-refractivity contribution in [3.05, 3.63) is 23.6 Å². The van der Waals surface area contributed by atoms with E-state index in [1.54, 1.807) is 0 Å². The third kappa shape index (κ3) is 1.81. The molecule has 0 aromatic rings. The molecule has 3 aliphatic heterocycles. The predicted octanol–water partition coefficient (Wildman–Crippen LogP) is 1.79. The molecule has 0 aliphatic carbocycles. The molecule has 1 unspecified atom stereocenters. The number of allylic oxidation sites excluding steroid dienone is 1. The number of nitrogens with one attached hydrogen (secondary N) is 1. The average Bonchev–Trinajstić information content (AvgIpc) is 2.82. The van der Waals surface area contributed by atoms with Crippen LogP contribution in [0.4, 0.5) is 0 Å². The van der Waals surface area contributed by atoms with Gasteiger partial charge >= 0.3 is 0 Å². The molecule has 1 amide bonds. The first-order valence-electron chi connectivity index (χ1n) is 7.14. The van der Waals surface area contributed by atoms with E-state index in [1.165, 1.54) is 0 Å². The van der Waals surface area contributed by atoms with Gasteiger partial charge in [0.25, 0.3) is 0 Å². The Hall–Kier alpha value is -1.29. The first kappa shape index (κ1) is 12.7. The standard InChI is InChI=1S/C15H22N2O2/c1-10-11(2)19-12(3)13(10)17-9-6-15(14(17)18)4-7-16-8-5-15/h12,16H,2,4-9H2,1,3H3. The van der Waals surface area contributed by atoms with Crippen LogP contribution in [0.1, 0.15) is 33.1 Å². The predicted molar refractivity (Wildman–Crippen MR) is 73.3 cm³/mol. The van der Waals surface area contributed by atoms with Crippen molar-refractivity contribution in [1.82, 2.24) is 10.2 Å². The summed E-state index contributed by atoms with van der Waals surface area (Å²) < 4.78 is 5.65. The highest BCUT2D eigenvalue weighted by molar-refractivity contribution is 5.87. The lowest BCUT2D eigenvalue weighted by Crippen LogP contribution is -2.43. The zero-order valence-electron chi connectivity index (χ0n) is 11.8. The Labute approximate surface area is 114 Å². The van der Waals surface area contributed by atoms with Crippen LogP contribution in [0.5, 0.6) is 0 Å². The fourth-order valence-corrected chi connectivity index (χ4v) is 3.65. The maximum atomic E-state index is 12.8. The van der Waals surface area contributed by atoms with E-state index in [0.29, 0.717) is 11.7 Å². The monoisotopic (exact) mass is 262 g/mol. The molecule has 0 radical (unpaired) electrons. The highest BCUT2D eigenvalue weighted by atomic mass is 16.5. The van der Waals surface area contributed by atoms with Crippen LogP contribution in [0, 0.1) is 5.41 Å². The minimum absolute atomic E-state index is 0.0479. The summed E-state index contributed by atoms with van der Waals surface area (Å²) in [5.74, 6) is 1.01. The van der Waals surface area contributed by atoms with Gasteiger partial charge in [0.15, 0.2) is 0 Å². The molecule has 0 saturated carbocycles. The maximum absolute atomic E-state index is 12.8. The Balaban J connectivity index is 1.88. The molecule has 1 spiro atoms. The first-order chi connectivity index (χ1) is 9.05. The average molecular weight is 262 g/mol. The molecule has 0 aromatic carbocycles. The number of carbonyl (C=O) groups is 1. The molecular weight excluding hydrogens is 240 g/mol. The SMILES string of the molecule is C=C1OC(C)C(N2CCC3(CCNCC3)C2=O)=C1C. The van der Waals surface area contributed by atoms with Crippen LogP contribution in [-0.4, -0.2) is 36.5 Å². The Bertz CT molecular complexity index is 461. The van der Waals surface area contributed by atoms with Crippen LogP contribution in [-0.2, 0) is 9.53 Å². The molecule has 19 heavy (non-hydrogen) atoms. The van der Waals surface area contributed by atoms with Crippen molar-refractivity contribution in [3.8, 4) is 0 Å². The van der Waals surface area contributed by atoms with Gasteiger partial charge in [0.1, 0.15) is 11.9 Å². The summed E-state index contributed by atoms with van der Waals surface area (Å²) in [5, 5.41) is 3.34. The molecule has 3 heterocycles. The number of hydrogen-bond donors (Lipinski definition) is 1. The van der Waals surface area contributed by atoms with Crippen LogP contribution < -0.4 is 5.32 Å². The molecular formula is C15H22N2O2. The van der Waals surface area contributed by atoms with Crippen molar-refractivity contribution in [2.75, 3.05) is 19.6 Å². The fourth-order valence-electron chi connectivity index (χ4n) is 3.65. The zero-order chi connectivity index (χ0) is 13.6. The molecule has 2 saturated heterocycles. The lowest BCUT2D eigenvalue weighted by atomic mass is 9.77. The summed E-state index contributed by atoms with van der Waals surface area (Å²) in [4.78, 5) is 14.8. The summed E-state index contributed by atoms with van der Waals surface area (Å²) in [6, 6.07) is 0. The number of carbonyl (C=O) groups excluding carboxylic acids is 1. The maximum Gasteiger partial charge on any atom is 0.233 e. The van der Waals surface area contributed by atoms with Gasteiger partial charge in [0.2, 0.25) is 5.91 Å². The smallest absolute Gasteiger partial charge is 0.233 e. The molecule has 104 valence electrons. The lowest BCUT2D eigenvalue weighted by molar-refractivity contribution is -0.136. The summed E-state index contributed by atoms with van der Waals surface area (Å²) >= 11 is 0. The van der Waals surface area contributed by atoms with Crippen molar-refractivity contribution in [2.24, 2.45) is 5.41 Å². The largest absolute Gasteiger partial charge is 0.485 e. The van der Waals surface area contributed by atoms with E-state index in [1.807, 2.05) is 18.7 Å². The molecule has 1 N–H and O–H groups in total. The van der Waals surface area contributed by atoms with E-state index >= 15 is 0 Å². The number of likely N-dealkylation sites (tertiary alicyclic amines) is 1. The number of nitrogens with zero attached hydrogens (tertiary/aromatic N) is 1. The Morgan fingerprint density at radius 2 is 2.05 bits per heavy atom. The van der Waals surface area contributed by atoms with Crippen molar-refractivity contribution in [2.45, 2.75) is 39.2 Å².